The van der Waals surface area contributed by atoms with Crippen LogP contribution < -0.4 is 0 Å². The van der Waals surface area contributed by atoms with Crippen LogP contribution in [0.5, 0.6) is 0 Å². The van der Waals surface area contributed by atoms with Crippen LogP contribution >= 0.6 is 0 Å². The summed E-state index contributed by atoms with van der Waals surface area (Å²) in [5.74, 6) is 0.493. The predicted molar refractivity (Wildman–Crippen MR) is 58.4 cm³/mol. The van der Waals surface area contributed by atoms with Crippen LogP contribution in [0.25, 0.3) is 0 Å². The maximum absolute atomic E-state index is 10.4. The van der Waals surface area contributed by atoms with Gasteiger partial charge in [0.05, 0.1) is 6.42 Å². The molecule has 0 fully saturated rings. The second-order valence-corrected chi connectivity index (χ2v) is 4.69. The first-order chi connectivity index (χ1) is 6.41. The average molecular weight is 267 g/mol. The third-order valence-electron chi connectivity index (χ3n) is 1.89. The van der Waals surface area contributed by atoms with Crippen LogP contribution in [-0.4, -0.2) is 35.6 Å². The van der Waals surface area contributed by atoms with Crippen molar-refractivity contribution in [2.24, 2.45) is 11.8 Å². The molecule has 0 unspecified atom stereocenters. The molecule has 0 saturated carbocycles. The van der Waals surface area contributed by atoms with Gasteiger partial charge in [-0.3, -0.25) is 4.79 Å². The molecule has 0 heterocycles. The van der Waals surface area contributed by atoms with Crippen molar-refractivity contribution in [3.05, 3.63) is 0 Å². The largest absolute Gasteiger partial charge is 0.481 e. The van der Waals surface area contributed by atoms with Gasteiger partial charge in [-0.25, -0.2) is 0 Å². The Labute approximate surface area is 106 Å². The fourth-order valence-corrected chi connectivity index (χ4v) is 1.54. The molecular weight excluding hydrogens is 244 g/mol. The van der Waals surface area contributed by atoms with Gasteiger partial charge >= 0.3 is 5.97 Å². The zero-order chi connectivity index (χ0) is 11.1. The van der Waals surface area contributed by atoms with Gasteiger partial charge in [0.1, 0.15) is 0 Å². The number of carboxylic acids is 1. The molecule has 0 bridgehead atoms. The number of carboxylic acid groups (broad SMARTS) is 1. The number of aliphatic carboxylic acids is 1. The van der Waals surface area contributed by atoms with E-state index in [0.29, 0.717) is 18.4 Å². The molecule has 0 aromatic carbocycles. The van der Waals surface area contributed by atoms with Gasteiger partial charge < -0.3 is 10.0 Å². The minimum Gasteiger partial charge on any atom is -0.481 e. The Balaban J connectivity index is 0. The van der Waals surface area contributed by atoms with Gasteiger partial charge in [-0.1, -0.05) is 27.7 Å². The van der Waals surface area contributed by atoms with Gasteiger partial charge in [-0.05, 0) is 11.8 Å². The van der Waals surface area contributed by atoms with E-state index in [4.69, 9.17) is 5.11 Å². The van der Waals surface area contributed by atoms with E-state index >= 15 is 0 Å². The summed E-state index contributed by atoms with van der Waals surface area (Å²) >= 11 is 0. The molecule has 4 heteroatoms. The van der Waals surface area contributed by atoms with Crippen LogP contribution in [-0.2, 0) is 24.3 Å². The van der Waals surface area contributed by atoms with Crippen molar-refractivity contribution in [1.29, 1.82) is 0 Å². The maximum atomic E-state index is 10.4. The molecule has 0 aromatic heterocycles. The van der Waals surface area contributed by atoms with E-state index in [1.165, 1.54) is 0 Å². The van der Waals surface area contributed by atoms with E-state index in [1.54, 1.807) is 0 Å². The minimum atomic E-state index is -0.706. The predicted octanol–water partition coefficient (Wildman–Crippen LogP) is 2.07. The monoisotopic (exact) mass is 265 g/mol. The molecule has 0 saturated heterocycles. The zero-order valence-corrected chi connectivity index (χ0v) is 13.5. The zero-order valence-electron chi connectivity index (χ0n) is 10.5. The SMILES string of the molecule is CC(C)CN(CCC(=O)O)CC(C)C.[Zn]. The molecule has 0 amide bonds. The quantitative estimate of drug-likeness (QED) is 0.717. The van der Waals surface area contributed by atoms with E-state index in [9.17, 15) is 4.79 Å². The van der Waals surface area contributed by atoms with Crippen molar-refractivity contribution in [2.45, 2.75) is 34.1 Å². The number of rotatable bonds is 7. The Kier molecular flexibility index (Phi) is 10.8. The standard InChI is InChI=1S/C11H23NO2.Zn/c1-9(2)7-12(8-10(3)4)6-5-11(13)14;/h9-10H,5-8H2,1-4H3,(H,13,14);. The summed E-state index contributed by atoms with van der Waals surface area (Å²) in [6, 6.07) is 0. The smallest absolute Gasteiger partial charge is 0.304 e. The topological polar surface area (TPSA) is 40.5 Å². The Morgan fingerprint density at radius 1 is 1.13 bits per heavy atom. The van der Waals surface area contributed by atoms with Gasteiger partial charge in [-0.15, -0.1) is 0 Å². The molecule has 15 heavy (non-hydrogen) atoms. The van der Waals surface area contributed by atoms with Gasteiger partial charge in [0.2, 0.25) is 0 Å². The van der Waals surface area contributed by atoms with Crippen LogP contribution in [0.4, 0.5) is 0 Å². The molecule has 0 atom stereocenters. The second kappa shape index (κ2) is 9.29. The van der Waals surface area contributed by atoms with Crippen LogP contribution in [0.1, 0.15) is 34.1 Å². The third kappa shape index (κ3) is 12.0. The molecule has 0 rings (SSSR count). The van der Waals surface area contributed by atoms with Gasteiger partial charge in [0.25, 0.3) is 0 Å². The van der Waals surface area contributed by atoms with E-state index in [2.05, 4.69) is 32.6 Å². The molecule has 1 N–H and O–H groups in total. The van der Waals surface area contributed by atoms with Crippen molar-refractivity contribution >= 4 is 5.97 Å². The van der Waals surface area contributed by atoms with Crippen molar-refractivity contribution in [1.82, 2.24) is 4.90 Å². The molecule has 0 radical (unpaired) electrons. The van der Waals surface area contributed by atoms with Gasteiger partial charge in [0.15, 0.2) is 0 Å². The number of nitrogens with zero attached hydrogens (tertiary/aromatic N) is 1. The van der Waals surface area contributed by atoms with Crippen LogP contribution in [0, 0.1) is 11.8 Å². The summed E-state index contributed by atoms with van der Waals surface area (Å²) in [4.78, 5) is 12.7. The summed E-state index contributed by atoms with van der Waals surface area (Å²) in [5.41, 5.74) is 0. The first-order valence-electron chi connectivity index (χ1n) is 5.36. The van der Waals surface area contributed by atoms with Gasteiger partial charge in [-0.2, -0.15) is 0 Å². The maximum Gasteiger partial charge on any atom is 0.304 e. The summed E-state index contributed by atoms with van der Waals surface area (Å²) < 4.78 is 0. The molecule has 0 aliphatic rings. The molecule has 86 valence electrons. The number of hydrogen-bond donors (Lipinski definition) is 1. The Bertz CT molecular complexity index is 162. The number of hydrogen-bond acceptors (Lipinski definition) is 2. The molecule has 0 aliphatic carbocycles. The summed E-state index contributed by atoms with van der Waals surface area (Å²) in [6.45, 7) is 11.3. The number of carbonyl (C=O) groups is 1. The Morgan fingerprint density at radius 2 is 1.53 bits per heavy atom. The van der Waals surface area contributed by atoms with E-state index < -0.39 is 5.97 Å². The fourth-order valence-electron chi connectivity index (χ4n) is 1.54. The van der Waals surface area contributed by atoms with Crippen LogP contribution in [0.2, 0.25) is 0 Å². The molecule has 0 spiro atoms. The third-order valence-corrected chi connectivity index (χ3v) is 1.89. The van der Waals surface area contributed by atoms with E-state index in [0.717, 1.165) is 13.1 Å². The van der Waals surface area contributed by atoms with E-state index in [1.807, 2.05) is 0 Å². The van der Waals surface area contributed by atoms with Crippen LogP contribution in [0.15, 0.2) is 0 Å². The molecule has 0 aromatic rings. The Hall–Kier alpha value is 0.0534. The van der Waals surface area contributed by atoms with Crippen molar-refractivity contribution in [3.63, 3.8) is 0 Å². The van der Waals surface area contributed by atoms with Crippen molar-refractivity contribution < 1.29 is 29.4 Å². The average Bonchev–Trinajstić information content (AvgIpc) is 1.97. The fraction of sp³-hybridized carbons (Fsp3) is 0.909. The van der Waals surface area contributed by atoms with Gasteiger partial charge in [0, 0.05) is 39.1 Å². The first-order valence-corrected chi connectivity index (χ1v) is 5.36. The normalized spacial score (nSPS) is 10.9. The molecular formula is C11H23NO2Zn. The summed E-state index contributed by atoms with van der Waals surface area (Å²) in [5, 5.41) is 8.60. The Morgan fingerprint density at radius 3 is 1.80 bits per heavy atom. The van der Waals surface area contributed by atoms with E-state index in [-0.39, 0.29) is 25.9 Å². The van der Waals surface area contributed by atoms with Crippen molar-refractivity contribution in [2.75, 3.05) is 19.6 Å². The first kappa shape index (κ1) is 17.4. The van der Waals surface area contributed by atoms with Crippen LogP contribution in [0.3, 0.4) is 0 Å². The minimum absolute atomic E-state index is 0. The van der Waals surface area contributed by atoms with Crippen molar-refractivity contribution in [3.8, 4) is 0 Å². The summed E-state index contributed by atoms with van der Waals surface area (Å²) in [7, 11) is 0. The molecule has 0 aliphatic heterocycles. The second-order valence-electron chi connectivity index (χ2n) is 4.69. The summed E-state index contributed by atoms with van der Waals surface area (Å²) in [6.07, 6.45) is 0.249. The molecule has 3 nitrogen and oxygen atoms in total.